The van der Waals surface area contributed by atoms with Gasteiger partial charge in [-0.05, 0) is 55.0 Å². The highest BCUT2D eigenvalue weighted by Crippen LogP contribution is 2.42. The molecule has 136 valence electrons. The second-order valence-electron chi connectivity index (χ2n) is 7.02. The summed E-state index contributed by atoms with van der Waals surface area (Å²) in [5.41, 5.74) is 4.19. The molecule has 1 saturated heterocycles. The van der Waals surface area contributed by atoms with Crippen LogP contribution in [0.2, 0.25) is 0 Å². The van der Waals surface area contributed by atoms with Gasteiger partial charge in [-0.15, -0.1) is 0 Å². The Bertz CT molecular complexity index is 1080. The molecule has 2 aliphatic rings. The van der Waals surface area contributed by atoms with Crippen molar-refractivity contribution >= 4 is 39.8 Å². The third-order valence-corrected chi connectivity index (χ3v) is 6.04. The minimum Gasteiger partial charge on any atom is -0.497 e. The number of benzene rings is 2. The maximum absolute atomic E-state index is 13.2. The van der Waals surface area contributed by atoms with E-state index >= 15 is 0 Å². The largest absolute Gasteiger partial charge is 0.497 e. The minimum absolute atomic E-state index is 0.00214. The second kappa shape index (κ2) is 5.82. The van der Waals surface area contributed by atoms with Crippen molar-refractivity contribution in [1.29, 1.82) is 0 Å². The third-order valence-electron chi connectivity index (χ3n) is 5.65. The first-order valence-electron chi connectivity index (χ1n) is 9.00. The Morgan fingerprint density at radius 2 is 1.96 bits per heavy atom. The average molecular weight is 377 g/mol. The van der Waals surface area contributed by atoms with E-state index in [1.54, 1.807) is 12.0 Å². The molecule has 6 heteroatoms. The van der Waals surface area contributed by atoms with E-state index < -0.39 is 0 Å². The van der Waals surface area contributed by atoms with Gasteiger partial charge in [-0.1, -0.05) is 18.2 Å². The fourth-order valence-corrected chi connectivity index (χ4v) is 4.81. The lowest BCUT2D eigenvalue weighted by Crippen LogP contribution is -2.42. The molecule has 2 atom stereocenters. The molecule has 1 N–H and O–H groups in total. The van der Waals surface area contributed by atoms with E-state index in [0.29, 0.717) is 11.5 Å². The van der Waals surface area contributed by atoms with Crippen molar-refractivity contribution in [2.45, 2.75) is 25.4 Å². The number of hydrogen-bond donors (Lipinski definition) is 1. The second-order valence-corrected chi connectivity index (χ2v) is 7.39. The predicted octanol–water partition coefficient (Wildman–Crippen LogP) is 3.80. The van der Waals surface area contributed by atoms with Gasteiger partial charge >= 0.3 is 0 Å². The Morgan fingerprint density at radius 3 is 2.70 bits per heavy atom. The van der Waals surface area contributed by atoms with Crippen LogP contribution in [0.4, 0.5) is 5.69 Å². The van der Waals surface area contributed by atoms with Crippen molar-refractivity contribution in [1.82, 2.24) is 9.88 Å². The summed E-state index contributed by atoms with van der Waals surface area (Å²) in [4.78, 5) is 20.5. The van der Waals surface area contributed by atoms with E-state index in [-0.39, 0.29) is 18.0 Å². The van der Waals surface area contributed by atoms with Gasteiger partial charge in [-0.3, -0.25) is 9.69 Å². The van der Waals surface area contributed by atoms with Crippen LogP contribution in [-0.2, 0) is 11.2 Å². The monoisotopic (exact) mass is 377 g/mol. The van der Waals surface area contributed by atoms with E-state index in [0.717, 1.165) is 28.0 Å². The zero-order chi connectivity index (χ0) is 18.7. The highest BCUT2D eigenvalue weighted by atomic mass is 32.1. The van der Waals surface area contributed by atoms with Crippen LogP contribution in [0.1, 0.15) is 24.2 Å². The number of anilines is 1. The molecule has 0 bridgehead atoms. The van der Waals surface area contributed by atoms with Gasteiger partial charge in [0.05, 0.1) is 18.8 Å². The number of aromatic amines is 1. The number of thiocarbonyl (C=S) groups is 1. The van der Waals surface area contributed by atoms with Crippen LogP contribution in [0.25, 0.3) is 10.9 Å². The number of hydrogen-bond acceptors (Lipinski definition) is 3. The van der Waals surface area contributed by atoms with E-state index in [9.17, 15) is 4.79 Å². The molecule has 0 saturated carbocycles. The summed E-state index contributed by atoms with van der Waals surface area (Å²) in [5.74, 6) is 0.861. The Kier molecular flexibility index (Phi) is 3.52. The maximum atomic E-state index is 13.2. The zero-order valence-corrected chi connectivity index (χ0v) is 15.9. The van der Waals surface area contributed by atoms with E-state index in [1.165, 1.54) is 5.56 Å². The van der Waals surface area contributed by atoms with Crippen LogP contribution in [0.5, 0.6) is 5.75 Å². The Morgan fingerprint density at radius 1 is 1.19 bits per heavy atom. The molecule has 2 unspecified atom stereocenters. The SMILES string of the molecule is COc1ccc2[nH]c3c(c2c1)CC1C(=O)N(c2ccccc2)C(=S)N1C3C. The summed E-state index contributed by atoms with van der Waals surface area (Å²) in [6.07, 6.45) is 0.634. The zero-order valence-electron chi connectivity index (χ0n) is 15.1. The number of carbonyl (C=O) groups is 1. The van der Waals surface area contributed by atoms with Crippen molar-refractivity contribution in [3.63, 3.8) is 0 Å². The molecular formula is C21H19N3O2S. The number of H-pyrrole nitrogens is 1. The van der Waals surface area contributed by atoms with Crippen LogP contribution in [0, 0.1) is 0 Å². The lowest BCUT2D eigenvalue weighted by Gasteiger charge is -2.34. The van der Waals surface area contributed by atoms with Crippen LogP contribution < -0.4 is 9.64 Å². The fourth-order valence-electron chi connectivity index (χ4n) is 4.33. The average Bonchev–Trinajstić information content (AvgIpc) is 3.18. The molecule has 3 heterocycles. The number of ether oxygens (including phenoxy) is 1. The molecular weight excluding hydrogens is 358 g/mol. The first-order chi connectivity index (χ1) is 13.1. The molecule has 0 spiro atoms. The highest BCUT2D eigenvalue weighted by molar-refractivity contribution is 7.80. The summed E-state index contributed by atoms with van der Waals surface area (Å²) < 4.78 is 5.39. The topological polar surface area (TPSA) is 48.6 Å². The molecule has 0 aliphatic carbocycles. The summed E-state index contributed by atoms with van der Waals surface area (Å²) >= 11 is 5.72. The van der Waals surface area contributed by atoms with Crippen molar-refractivity contribution in [3.8, 4) is 5.75 Å². The van der Waals surface area contributed by atoms with Gasteiger partial charge in [-0.25, -0.2) is 0 Å². The molecule has 5 rings (SSSR count). The van der Waals surface area contributed by atoms with Crippen molar-refractivity contribution in [3.05, 3.63) is 59.8 Å². The van der Waals surface area contributed by atoms with E-state index in [1.807, 2.05) is 48.5 Å². The standard InChI is InChI=1S/C21H19N3O2S/c1-12-19-16(15-10-14(26-2)8-9-17(15)22-19)11-18-20(25)24(21(27)23(12)18)13-6-4-3-5-7-13/h3-10,12,18,22H,11H2,1-2H3. The number of para-hydroxylation sites is 1. The van der Waals surface area contributed by atoms with Crippen molar-refractivity contribution < 1.29 is 9.53 Å². The van der Waals surface area contributed by atoms with Crippen LogP contribution in [-0.4, -0.2) is 34.1 Å². The number of carbonyl (C=O) groups excluding carboxylic acids is 1. The molecule has 1 amide bonds. The Balaban J connectivity index is 1.61. The lowest BCUT2D eigenvalue weighted by atomic mass is 9.93. The number of rotatable bonds is 2. The van der Waals surface area contributed by atoms with E-state index in [4.69, 9.17) is 17.0 Å². The normalized spacial score (nSPS) is 21.6. The Hall–Kier alpha value is -2.86. The van der Waals surface area contributed by atoms with Gasteiger partial charge < -0.3 is 14.6 Å². The number of fused-ring (bicyclic) bond motifs is 4. The first-order valence-corrected chi connectivity index (χ1v) is 9.40. The van der Waals surface area contributed by atoms with Gasteiger partial charge in [0, 0.05) is 23.0 Å². The number of amides is 1. The molecule has 27 heavy (non-hydrogen) atoms. The molecule has 5 nitrogen and oxygen atoms in total. The first kappa shape index (κ1) is 16.3. The predicted molar refractivity (Wildman–Crippen MR) is 109 cm³/mol. The Labute approximate surface area is 162 Å². The van der Waals surface area contributed by atoms with Crippen LogP contribution in [0.15, 0.2) is 48.5 Å². The smallest absolute Gasteiger partial charge is 0.256 e. The van der Waals surface area contributed by atoms with Crippen LogP contribution >= 0.6 is 12.2 Å². The van der Waals surface area contributed by atoms with Crippen molar-refractivity contribution in [2.24, 2.45) is 0 Å². The quantitative estimate of drug-likeness (QED) is 0.690. The molecule has 1 fully saturated rings. The molecule has 1 aromatic heterocycles. The highest BCUT2D eigenvalue weighted by Gasteiger charge is 2.49. The van der Waals surface area contributed by atoms with Gasteiger partial charge in [0.2, 0.25) is 0 Å². The van der Waals surface area contributed by atoms with Crippen molar-refractivity contribution in [2.75, 3.05) is 12.0 Å². The molecule has 0 radical (unpaired) electrons. The summed E-state index contributed by atoms with van der Waals surface area (Å²) in [6.45, 7) is 2.10. The molecule has 2 aromatic carbocycles. The van der Waals surface area contributed by atoms with Crippen LogP contribution in [0.3, 0.4) is 0 Å². The molecule has 3 aromatic rings. The fraction of sp³-hybridized carbons (Fsp3) is 0.238. The van der Waals surface area contributed by atoms with Gasteiger partial charge in [-0.2, -0.15) is 0 Å². The third kappa shape index (κ3) is 2.23. The summed E-state index contributed by atoms with van der Waals surface area (Å²) in [5, 5.41) is 1.69. The van der Waals surface area contributed by atoms with Gasteiger partial charge in [0.25, 0.3) is 5.91 Å². The summed E-state index contributed by atoms with van der Waals surface area (Å²) in [7, 11) is 1.67. The number of aromatic nitrogens is 1. The van der Waals surface area contributed by atoms with Gasteiger partial charge in [0.15, 0.2) is 5.11 Å². The number of methoxy groups -OCH3 is 1. The summed E-state index contributed by atoms with van der Waals surface area (Å²) in [6, 6.07) is 15.4. The number of nitrogens with zero attached hydrogens (tertiary/aromatic N) is 2. The van der Waals surface area contributed by atoms with E-state index in [2.05, 4.69) is 16.8 Å². The molecule has 2 aliphatic heterocycles. The van der Waals surface area contributed by atoms with Gasteiger partial charge in [0.1, 0.15) is 11.8 Å². The maximum Gasteiger partial charge on any atom is 0.256 e. The number of nitrogens with one attached hydrogen (secondary N) is 1. The minimum atomic E-state index is -0.273. The lowest BCUT2D eigenvalue weighted by molar-refractivity contribution is -0.120.